The topological polar surface area (TPSA) is 29.5 Å². The van der Waals surface area contributed by atoms with Crippen LogP contribution in [0.4, 0.5) is 4.39 Å². The van der Waals surface area contributed by atoms with Crippen LogP contribution in [0, 0.1) is 12.7 Å². The highest BCUT2D eigenvalue weighted by atomic mass is 35.5. The Morgan fingerprint density at radius 3 is 2.58 bits per heavy atom. The van der Waals surface area contributed by atoms with E-state index in [9.17, 15) is 9.50 Å². The molecule has 1 atom stereocenters. The van der Waals surface area contributed by atoms with Gasteiger partial charge in [-0.05, 0) is 42.3 Å². The molecule has 1 unspecified atom stereocenters. The van der Waals surface area contributed by atoms with Gasteiger partial charge in [0.25, 0.3) is 0 Å². The third-order valence-corrected chi connectivity index (χ3v) is 3.26. The molecular formula is C15H14ClFO2. The Kier molecular flexibility index (Phi) is 4.08. The maximum Gasteiger partial charge on any atom is 0.126 e. The molecular weight excluding hydrogens is 267 g/mol. The molecule has 2 aromatic rings. The van der Waals surface area contributed by atoms with E-state index in [2.05, 4.69) is 0 Å². The second-order valence-corrected chi connectivity index (χ2v) is 4.73. The fourth-order valence-electron chi connectivity index (χ4n) is 1.98. The van der Waals surface area contributed by atoms with E-state index in [0.29, 0.717) is 21.9 Å². The van der Waals surface area contributed by atoms with E-state index >= 15 is 0 Å². The monoisotopic (exact) mass is 280 g/mol. The molecule has 1 N–H and O–H groups in total. The maximum absolute atomic E-state index is 13.3. The Labute approximate surface area is 116 Å². The number of aliphatic hydroxyl groups is 1. The van der Waals surface area contributed by atoms with E-state index in [4.69, 9.17) is 16.3 Å². The standard InChI is InChI=1S/C15H14ClFO2/c1-9-3-5-11(17)8-13(9)15(18)12-6-4-10(16)7-14(12)19-2/h3-8,15,18H,1-2H3. The van der Waals surface area contributed by atoms with E-state index in [1.807, 2.05) is 6.92 Å². The van der Waals surface area contributed by atoms with Crippen LogP contribution in [0.1, 0.15) is 22.8 Å². The molecule has 0 amide bonds. The molecule has 2 nitrogen and oxygen atoms in total. The molecule has 0 aliphatic heterocycles. The lowest BCUT2D eigenvalue weighted by molar-refractivity contribution is 0.213. The van der Waals surface area contributed by atoms with Gasteiger partial charge in [-0.25, -0.2) is 4.39 Å². The Hall–Kier alpha value is -1.58. The molecule has 0 fully saturated rings. The fourth-order valence-corrected chi connectivity index (χ4v) is 2.15. The van der Waals surface area contributed by atoms with E-state index < -0.39 is 6.10 Å². The Balaban J connectivity index is 2.49. The first-order valence-corrected chi connectivity index (χ1v) is 6.18. The Morgan fingerprint density at radius 2 is 1.89 bits per heavy atom. The molecule has 19 heavy (non-hydrogen) atoms. The molecule has 0 heterocycles. The van der Waals surface area contributed by atoms with Crippen LogP contribution >= 0.6 is 11.6 Å². The normalized spacial score (nSPS) is 12.3. The fraction of sp³-hybridized carbons (Fsp3) is 0.200. The largest absolute Gasteiger partial charge is 0.496 e. The van der Waals surface area contributed by atoms with E-state index in [-0.39, 0.29) is 5.82 Å². The molecule has 0 radical (unpaired) electrons. The average Bonchev–Trinajstić information content (AvgIpc) is 2.40. The predicted molar refractivity (Wildman–Crippen MR) is 73.2 cm³/mol. The van der Waals surface area contributed by atoms with Crippen LogP contribution in [-0.4, -0.2) is 12.2 Å². The number of rotatable bonds is 3. The third kappa shape index (κ3) is 2.88. The summed E-state index contributed by atoms with van der Waals surface area (Å²) >= 11 is 5.88. The minimum Gasteiger partial charge on any atom is -0.496 e. The smallest absolute Gasteiger partial charge is 0.126 e. The predicted octanol–water partition coefficient (Wildman–Crippen LogP) is 3.88. The van der Waals surface area contributed by atoms with E-state index in [1.165, 1.54) is 19.2 Å². The number of ether oxygens (including phenoxy) is 1. The lowest BCUT2D eigenvalue weighted by Gasteiger charge is -2.17. The highest BCUT2D eigenvalue weighted by Crippen LogP contribution is 2.33. The van der Waals surface area contributed by atoms with Gasteiger partial charge in [-0.1, -0.05) is 23.7 Å². The molecule has 0 aliphatic carbocycles. The minimum atomic E-state index is -0.956. The van der Waals surface area contributed by atoms with Gasteiger partial charge in [-0.2, -0.15) is 0 Å². The van der Waals surface area contributed by atoms with Gasteiger partial charge in [0, 0.05) is 10.6 Å². The van der Waals surface area contributed by atoms with Gasteiger partial charge >= 0.3 is 0 Å². The van der Waals surface area contributed by atoms with Crippen LogP contribution < -0.4 is 4.74 Å². The Bertz CT molecular complexity index is 599. The summed E-state index contributed by atoms with van der Waals surface area (Å²) < 4.78 is 18.5. The third-order valence-electron chi connectivity index (χ3n) is 3.03. The molecule has 0 saturated carbocycles. The number of aryl methyl sites for hydroxylation is 1. The van der Waals surface area contributed by atoms with Gasteiger partial charge in [-0.15, -0.1) is 0 Å². The molecule has 0 aliphatic rings. The summed E-state index contributed by atoms with van der Waals surface area (Å²) in [6, 6.07) is 9.29. The number of hydrogen-bond donors (Lipinski definition) is 1. The van der Waals surface area contributed by atoms with Crippen molar-refractivity contribution in [1.29, 1.82) is 0 Å². The SMILES string of the molecule is COc1cc(Cl)ccc1C(O)c1cc(F)ccc1C. The lowest BCUT2D eigenvalue weighted by atomic mass is 9.97. The van der Waals surface area contributed by atoms with Crippen LogP contribution in [0.3, 0.4) is 0 Å². The Morgan fingerprint density at radius 1 is 1.16 bits per heavy atom. The number of hydrogen-bond acceptors (Lipinski definition) is 2. The molecule has 0 spiro atoms. The quantitative estimate of drug-likeness (QED) is 0.924. The van der Waals surface area contributed by atoms with Crippen LogP contribution in [-0.2, 0) is 0 Å². The zero-order chi connectivity index (χ0) is 14.0. The van der Waals surface area contributed by atoms with Gasteiger partial charge in [0.15, 0.2) is 0 Å². The van der Waals surface area contributed by atoms with Crippen molar-refractivity contribution in [2.24, 2.45) is 0 Å². The second kappa shape index (κ2) is 5.59. The summed E-state index contributed by atoms with van der Waals surface area (Å²) in [7, 11) is 1.50. The van der Waals surface area contributed by atoms with Crippen molar-refractivity contribution < 1.29 is 14.2 Å². The second-order valence-electron chi connectivity index (χ2n) is 4.29. The van der Waals surface area contributed by atoms with E-state index in [1.54, 1.807) is 24.3 Å². The van der Waals surface area contributed by atoms with Crippen molar-refractivity contribution in [3.8, 4) is 5.75 Å². The van der Waals surface area contributed by atoms with Crippen molar-refractivity contribution in [3.63, 3.8) is 0 Å². The van der Waals surface area contributed by atoms with Gasteiger partial charge in [0.05, 0.1) is 7.11 Å². The van der Waals surface area contributed by atoms with Crippen molar-refractivity contribution >= 4 is 11.6 Å². The number of benzene rings is 2. The molecule has 4 heteroatoms. The first-order valence-electron chi connectivity index (χ1n) is 5.80. The zero-order valence-corrected chi connectivity index (χ0v) is 11.4. The van der Waals surface area contributed by atoms with Crippen LogP contribution in [0.2, 0.25) is 5.02 Å². The van der Waals surface area contributed by atoms with Gasteiger partial charge in [0.2, 0.25) is 0 Å². The number of methoxy groups -OCH3 is 1. The molecule has 2 aromatic carbocycles. The van der Waals surface area contributed by atoms with Crippen molar-refractivity contribution in [2.45, 2.75) is 13.0 Å². The first kappa shape index (κ1) is 13.8. The molecule has 100 valence electrons. The summed E-state index contributed by atoms with van der Waals surface area (Å²) in [4.78, 5) is 0. The van der Waals surface area contributed by atoms with Gasteiger partial charge in [0.1, 0.15) is 17.7 Å². The number of halogens is 2. The summed E-state index contributed by atoms with van der Waals surface area (Å²) in [5.41, 5.74) is 1.88. The van der Waals surface area contributed by atoms with Crippen molar-refractivity contribution in [2.75, 3.05) is 7.11 Å². The molecule has 2 rings (SSSR count). The van der Waals surface area contributed by atoms with Crippen LogP contribution in [0.5, 0.6) is 5.75 Å². The summed E-state index contributed by atoms with van der Waals surface area (Å²) in [6.07, 6.45) is -0.956. The van der Waals surface area contributed by atoms with Crippen molar-refractivity contribution in [1.82, 2.24) is 0 Å². The first-order chi connectivity index (χ1) is 9.02. The maximum atomic E-state index is 13.3. The van der Waals surface area contributed by atoms with Crippen molar-refractivity contribution in [3.05, 3.63) is 63.9 Å². The van der Waals surface area contributed by atoms with Crippen LogP contribution in [0.15, 0.2) is 36.4 Å². The summed E-state index contributed by atoms with van der Waals surface area (Å²) in [5.74, 6) is 0.0937. The highest BCUT2D eigenvalue weighted by Gasteiger charge is 2.18. The average molecular weight is 281 g/mol. The van der Waals surface area contributed by atoms with Gasteiger partial charge in [-0.3, -0.25) is 0 Å². The highest BCUT2D eigenvalue weighted by molar-refractivity contribution is 6.30. The van der Waals surface area contributed by atoms with Crippen LogP contribution in [0.25, 0.3) is 0 Å². The summed E-state index contributed by atoms with van der Waals surface area (Å²) in [5, 5.41) is 10.9. The summed E-state index contributed by atoms with van der Waals surface area (Å²) in [6.45, 7) is 1.82. The molecule has 0 saturated heterocycles. The molecule has 0 aromatic heterocycles. The van der Waals surface area contributed by atoms with Gasteiger partial charge < -0.3 is 9.84 Å². The minimum absolute atomic E-state index is 0.382. The van der Waals surface area contributed by atoms with E-state index in [0.717, 1.165) is 5.56 Å². The number of aliphatic hydroxyl groups excluding tert-OH is 1. The molecule has 0 bridgehead atoms. The zero-order valence-electron chi connectivity index (χ0n) is 10.7. The lowest BCUT2D eigenvalue weighted by Crippen LogP contribution is -2.04.